The Morgan fingerprint density at radius 1 is 1.03 bits per heavy atom. The van der Waals surface area contributed by atoms with Crippen molar-refractivity contribution in [1.29, 1.82) is 0 Å². The Balaban J connectivity index is 1.34. The van der Waals surface area contributed by atoms with Gasteiger partial charge in [0, 0.05) is 17.7 Å². The average Bonchev–Trinajstić information content (AvgIpc) is 3.18. The normalized spacial score (nSPS) is 12.9. The Bertz CT molecular complexity index is 1180. The molecule has 8 nitrogen and oxygen atoms in total. The number of rotatable bonds is 8. The van der Waals surface area contributed by atoms with E-state index in [0.29, 0.717) is 5.69 Å². The monoisotopic (exact) mass is 459 g/mol. The third kappa shape index (κ3) is 4.91. The van der Waals surface area contributed by atoms with Crippen LogP contribution in [0, 0.1) is 0 Å². The fourth-order valence-corrected chi connectivity index (χ4v) is 4.11. The smallest absolute Gasteiger partial charge is 0.407 e. The number of nitrogens with zero attached hydrogens (tertiary/aromatic N) is 1. The number of aliphatic carboxylic acids is 1. The number of ether oxygens (including phenoxy) is 1. The largest absolute Gasteiger partial charge is 0.480 e. The van der Waals surface area contributed by atoms with Gasteiger partial charge >= 0.3 is 12.1 Å². The highest BCUT2D eigenvalue weighted by molar-refractivity contribution is 5.96. The Labute approximate surface area is 197 Å². The summed E-state index contributed by atoms with van der Waals surface area (Å²) in [5.74, 6) is -1.65. The van der Waals surface area contributed by atoms with Crippen molar-refractivity contribution in [2.75, 3.05) is 6.61 Å². The summed E-state index contributed by atoms with van der Waals surface area (Å²) in [6.07, 6.45) is 1.11. The highest BCUT2D eigenvalue weighted by Gasteiger charge is 2.29. The van der Waals surface area contributed by atoms with Crippen molar-refractivity contribution >= 4 is 18.0 Å². The molecular weight excluding hydrogens is 434 g/mol. The first kappa shape index (κ1) is 23.0. The number of carbonyl (C=O) groups is 3. The summed E-state index contributed by atoms with van der Waals surface area (Å²) in [5, 5.41) is 14.2. The molecule has 2 amide bonds. The van der Waals surface area contributed by atoms with Gasteiger partial charge in [0.25, 0.3) is 5.91 Å². The first-order chi connectivity index (χ1) is 16.5. The Morgan fingerprint density at radius 2 is 1.68 bits per heavy atom. The molecule has 1 aromatic heterocycles. The molecule has 0 saturated heterocycles. The molecule has 1 unspecified atom stereocenters. The maximum Gasteiger partial charge on any atom is 0.407 e. The minimum Gasteiger partial charge on any atom is -0.480 e. The minimum absolute atomic E-state index is 0.0379. The van der Waals surface area contributed by atoms with Crippen LogP contribution in [0.4, 0.5) is 4.79 Å². The summed E-state index contributed by atoms with van der Waals surface area (Å²) < 4.78 is 5.51. The fourth-order valence-electron chi connectivity index (χ4n) is 4.11. The molecule has 1 heterocycles. The van der Waals surface area contributed by atoms with E-state index in [2.05, 4.69) is 39.9 Å². The lowest BCUT2D eigenvalue weighted by Gasteiger charge is -2.15. The maximum absolute atomic E-state index is 12.4. The predicted molar refractivity (Wildman–Crippen MR) is 125 cm³/mol. The molecule has 1 aliphatic rings. The van der Waals surface area contributed by atoms with Crippen LogP contribution in [0.1, 0.15) is 46.4 Å². The Kier molecular flexibility index (Phi) is 6.87. The van der Waals surface area contributed by atoms with Crippen LogP contribution in [0.25, 0.3) is 11.1 Å². The fraction of sp³-hybridized carbons (Fsp3) is 0.231. The maximum atomic E-state index is 12.4. The van der Waals surface area contributed by atoms with Gasteiger partial charge in [-0.1, -0.05) is 55.5 Å². The molecule has 4 rings (SSSR count). The molecule has 34 heavy (non-hydrogen) atoms. The number of amides is 2. The molecule has 8 heteroatoms. The van der Waals surface area contributed by atoms with Gasteiger partial charge in [0.1, 0.15) is 12.6 Å². The zero-order chi connectivity index (χ0) is 24.1. The molecular formula is C26H25N3O5. The van der Waals surface area contributed by atoms with Crippen molar-refractivity contribution in [3.05, 3.63) is 89.2 Å². The van der Waals surface area contributed by atoms with Crippen molar-refractivity contribution in [2.24, 2.45) is 0 Å². The van der Waals surface area contributed by atoms with Gasteiger partial charge in [-0.2, -0.15) is 0 Å². The van der Waals surface area contributed by atoms with Crippen molar-refractivity contribution in [2.45, 2.75) is 31.8 Å². The zero-order valence-electron chi connectivity index (χ0n) is 18.7. The molecule has 0 bridgehead atoms. The van der Waals surface area contributed by atoms with Gasteiger partial charge < -0.3 is 20.5 Å². The number of nitrogens with one attached hydrogen (secondary N) is 2. The number of carbonyl (C=O) groups excluding carboxylic acids is 2. The number of aromatic nitrogens is 1. The Hall–Kier alpha value is -4.20. The molecule has 3 aromatic rings. The SMILES string of the molecule is CCC(NC(=O)c1ccnc(CNC(=O)OCC2c3ccccc3-c3ccccc32)c1)C(=O)O. The van der Waals surface area contributed by atoms with E-state index in [9.17, 15) is 14.4 Å². The first-order valence-electron chi connectivity index (χ1n) is 11.1. The van der Waals surface area contributed by atoms with Crippen LogP contribution >= 0.6 is 0 Å². The average molecular weight is 460 g/mol. The second-order valence-electron chi connectivity index (χ2n) is 7.99. The molecule has 174 valence electrons. The van der Waals surface area contributed by atoms with Crippen LogP contribution in [-0.2, 0) is 16.1 Å². The molecule has 0 spiro atoms. The van der Waals surface area contributed by atoms with Crippen LogP contribution in [0.3, 0.4) is 0 Å². The quantitative estimate of drug-likeness (QED) is 0.473. The van der Waals surface area contributed by atoms with Crippen molar-refractivity contribution in [3.63, 3.8) is 0 Å². The second-order valence-corrected chi connectivity index (χ2v) is 7.99. The highest BCUT2D eigenvalue weighted by Crippen LogP contribution is 2.44. The lowest BCUT2D eigenvalue weighted by Crippen LogP contribution is -2.40. The number of fused-ring (bicyclic) bond motifs is 3. The van der Waals surface area contributed by atoms with Crippen molar-refractivity contribution in [1.82, 2.24) is 15.6 Å². The molecule has 0 fully saturated rings. The summed E-state index contributed by atoms with van der Waals surface area (Å²) in [4.78, 5) is 40.0. The molecule has 1 atom stereocenters. The van der Waals surface area contributed by atoms with E-state index < -0.39 is 24.0 Å². The van der Waals surface area contributed by atoms with E-state index in [1.54, 1.807) is 6.92 Å². The molecule has 3 N–H and O–H groups in total. The molecule has 0 aliphatic heterocycles. The second kappa shape index (κ2) is 10.2. The lowest BCUT2D eigenvalue weighted by atomic mass is 9.98. The van der Waals surface area contributed by atoms with E-state index in [1.165, 1.54) is 18.3 Å². The first-order valence-corrected chi connectivity index (χ1v) is 11.1. The van der Waals surface area contributed by atoms with Crippen LogP contribution in [0.2, 0.25) is 0 Å². The van der Waals surface area contributed by atoms with E-state index in [4.69, 9.17) is 9.84 Å². The molecule has 1 aliphatic carbocycles. The van der Waals surface area contributed by atoms with Gasteiger partial charge in [-0.05, 0) is 40.8 Å². The standard InChI is InChI=1S/C26H25N3O5/c1-2-23(25(31)32)29-24(30)16-11-12-27-17(13-16)14-28-26(33)34-15-22-20-9-5-3-7-18(20)19-8-4-6-10-21(19)22/h3-13,22-23H,2,14-15H2,1H3,(H,28,33)(H,29,30)(H,31,32). The summed E-state index contributed by atoms with van der Waals surface area (Å²) in [5.41, 5.74) is 5.27. The number of alkyl carbamates (subject to hydrolysis) is 1. The number of benzene rings is 2. The summed E-state index contributed by atoms with van der Waals surface area (Å²) in [6, 6.07) is 18.2. The molecule has 0 radical (unpaired) electrons. The lowest BCUT2D eigenvalue weighted by molar-refractivity contribution is -0.139. The van der Waals surface area contributed by atoms with E-state index in [-0.39, 0.29) is 31.1 Å². The third-order valence-electron chi connectivity index (χ3n) is 5.85. The number of carboxylic acids is 1. The van der Waals surface area contributed by atoms with E-state index in [0.717, 1.165) is 22.3 Å². The van der Waals surface area contributed by atoms with Gasteiger partial charge in [0.2, 0.25) is 0 Å². The zero-order valence-corrected chi connectivity index (χ0v) is 18.7. The van der Waals surface area contributed by atoms with Gasteiger partial charge in [-0.15, -0.1) is 0 Å². The number of carboxylic acid groups (broad SMARTS) is 1. The van der Waals surface area contributed by atoms with Crippen LogP contribution in [-0.4, -0.2) is 40.7 Å². The van der Waals surface area contributed by atoms with Crippen molar-refractivity contribution < 1.29 is 24.2 Å². The van der Waals surface area contributed by atoms with Gasteiger partial charge in [0.15, 0.2) is 0 Å². The summed E-state index contributed by atoms with van der Waals surface area (Å²) in [6.45, 7) is 1.94. The minimum atomic E-state index is -1.10. The van der Waals surface area contributed by atoms with Crippen molar-refractivity contribution in [3.8, 4) is 11.1 Å². The Morgan fingerprint density at radius 3 is 2.29 bits per heavy atom. The van der Waals surface area contributed by atoms with E-state index >= 15 is 0 Å². The predicted octanol–water partition coefficient (Wildman–Crippen LogP) is 3.71. The third-order valence-corrected chi connectivity index (χ3v) is 5.85. The molecule has 0 saturated carbocycles. The number of hydrogen-bond acceptors (Lipinski definition) is 5. The van der Waals surface area contributed by atoms with Gasteiger partial charge in [0.05, 0.1) is 12.2 Å². The van der Waals surface area contributed by atoms with Crippen LogP contribution in [0.5, 0.6) is 0 Å². The number of hydrogen-bond donors (Lipinski definition) is 3. The molecule has 2 aromatic carbocycles. The highest BCUT2D eigenvalue weighted by atomic mass is 16.5. The van der Waals surface area contributed by atoms with Gasteiger partial charge in [-0.25, -0.2) is 9.59 Å². The summed E-state index contributed by atoms with van der Waals surface area (Å²) in [7, 11) is 0. The van der Waals surface area contributed by atoms with Gasteiger partial charge in [-0.3, -0.25) is 9.78 Å². The topological polar surface area (TPSA) is 118 Å². The van der Waals surface area contributed by atoms with E-state index in [1.807, 2.05) is 24.3 Å². The number of pyridine rings is 1. The van der Waals surface area contributed by atoms with Crippen LogP contribution in [0.15, 0.2) is 66.9 Å². The summed E-state index contributed by atoms with van der Waals surface area (Å²) >= 11 is 0. The van der Waals surface area contributed by atoms with Crippen LogP contribution < -0.4 is 10.6 Å².